The fourth-order valence-corrected chi connectivity index (χ4v) is 3.47. The lowest BCUT2D eigenvalue weighted by Gasteiger charge is -2.20. The monoisotopic (exact) mass is 352 g/mol. The number of thiophene rings is 1. The number of rotatable bonds is 7. The Bertz CT molecular complexity index is 525. The van der Waals surface area contributed by atoms with Crippen LogP contribution in [0.15, 0.2) is 40.2 Å². The Balaban J connectivity index is 2.03. The summed E-state index contributed by atoms with van der Waals surface area (Å²) in [6.07, 6.45) is 0. The third-order valence-corrected chi connectivity index (χ3v) is 4.90. The largest absolute Gasteiger partial charge is 0.316 e. The lowest BCUT2D eigenvalue weighted by atomic mass is 10.1. The van der Waals surface area contributed by atoms with Gasteiger partial charge in [0.05, 0.1) is 0 Å². The molecule has 0 spiro atoms. The fourth-order valence-electron chi connectivity index (χ4n) is 2.18. The summed E-state index contributed by atoms with van der Waals surface area (Å²) in [4.78, 5) is 3.89. The van der Waals surface area contributed by atoms with Crippen molar-refractivity contribution in [3.05, 3.63) is 56.2 Å². The van der Waals surface area contributed by atoms with Crippen LogP contribution in [-0.2, 0) is 19.6 Å². The molecule has 4 heteroatoms. The third-order valence-electron chi connectivity index (χ3n) is 3.30. The molecule has 0 saturated heterocycles. The molecular formula is C16H21BrN2S. The Hall–Kier alpha value is -0.680. The van der Waals surface area contributed by atoms with Crippen LogP contribution < -0.4 is 5.32 Å². The quantitative estimate of drug-likeness (QED) is 0.801. The Morgan fingerprint density at radius 3 is 2.70 bits per heavy atom. The first-order valence-corrected chi connectivity index (χ1v) is 8.56. The average Bonchev–Trinajstić information content (AvgIpc) is 2.94. The molecule has 0 amide bonds. The number of nitrogens with zero attached hydrogens (tertiary/aromatic N) is 1. The molecule has 0 radical (unpaired) electrons. The lowest BCUT2D eigenvalue weighted by Crippen LogP contribution is -2.22. The van der Waals surface area contributed by atoms with Gasteiger partial charge in [-0.2, -0.15) is 0 Å². The van der Waals surface area contributed by atoms with E-state index in [0.717, 1.165) is 26.2 Å². The molecule has 1 aromatic carbocycles. The molecule has 2 aromatic rings. The molecule has 2 rings (SSSR count). The summed E-state index contributed by atoms with van der Waals surface area (Å²) >= 11 is 5.53. The van der Waals surface area contributed by atoms with E-state index in [1.807, 2.05) is 18.4 Å². The minimum absolute atomic E-state index is 0.908. The van der Waals surface area contributed by atoms with Crippen LogP contribution >= 0.6 is 27.3 Å². The van der Waals surface area contributed by atoms with Crippen molar-refractivity contribution in [1.29, 1.82) is 0 Å². The summed E-state index contributed by atoms with van der Waals surface area (Å²) in [5, 5.41) is 5.33. The zero-order valence-electron chi connectivity index (χ0n) is 12.0. The van der Waals surface area contributed by atoms with Gasteiger partial charge in [-0.05, 0) is 42.2 Å². The highest BCUT2D eigenvalue weighted by atomic mass is 79.9. The zero-order valence-corrected chi connectivity index (χ0v) is 14.4. The van der Waals surface area contributed by atoms with E-state index in [1.54, 1.807) is 0 Å². The van der Waals surface area contributed by atoms with Crippen molar-refractivity contribution >= 4 is 27.3 Å². The first-order valence-electron chi connectivity index (χ1n) is 6.89. The van der Waals surface area contributed by atoms with Gasteiger partial charge in [-0.1, -0.05) is 41.1 Å². The van der Waals surface area contributed by atoms with Crippen molar-refractivity contribution in [2.75, 3.05) is 13.6 Å². The van der Waals surface area contributed by atoms with Gasteiger partial charge in [-0.15, -0.1) is 11.3 Å². The van der Waals surface area contributed by atoms with Crippen molar-refractivity contribution in [1.82, 2.24) is 10.2 Å². The highest BCUT2D eigenvalue weighted by Crippen LogP contribution is 2.22. The van der Waals surface area contributed by atoms with E-state index in [0.29, 0.717) is 0 Å². The molecule has 1 heterocycles. The predicted octanol–water partition coefficient (Wildman–Crippen LogP) is 4.25. The van der Waals surface area contributed by atoms with E-state index in [1.165, 1.54) is 20.5 Å². The highest BCUT2D eigenvalue weighted by molar-refractivity contribution is 9.10. The first kappa shape index (κ1) is 15.7. The van der Waals surface area contributed by atoms with Crippen molar-refractivity contribution < 1.29 is 0 Å². The molecule has 0 aliphatic carbocycles. The van der Waals surface area contributed by atoms with E-state index >= 15 is 0 Å². The van der Waals surface area contributed by atoms with Gasteiger partial charge in [-0.25, -0.2) is 0 Å². The summed E-state index contributed by atoms with van der Waals surface area (Å²) in [6, 6.07) is 11.0. The Morgan fingerprint density at radius 2 is 2.10 bits per heavy atom. The fraction of sp³-hybridized carbons (Fsp3) is 0.375. The van der Waals surface area contributed by atoms with Crippen LogP contribution in [0.2, 0.25) is 0 Å². The van der Waals surface area contributed by atoms with Crippen molar-refractivity contribution in [3.8, 4) is 0 Å². The minimum Gasteiger partial charge on any atom is -0.316 e. The van der Waals surface area contributed by atoms with Gasteiger partial charge >= 0.3 is 0 Å². The molecule has 0 saturated carbocycles. The maximum Gasteiger partial charge on any atom is 0.0331 e. The molecule has 0 aliphatic heterocycles. The Labute approximate surface area is 133 Å². The summed E-state index contributed by atoms with van der Waals surface area (Å²) in [5.74, 6) is 0. The van der Waals surface area contributed by atoms with Crippen molar-refractivity contribution in [2.45, 2.75) is 26.6 Å². The number of hydrogen-bond acceptors (Lipinski definition) is 3. The summed E-state index contributed by atoms with van der Waals surface area (Å²) in [7, 11) is 1.97. The highest BCUT2D eigenvalue weighted by Gasteiger charge is 2.08. The summed E-state index contributed by atoms with van der Waals surface area (Å²) in [6.45, 7) is 6.19. The van der Waals surface area contributed by atoms with Crippen LogP contribution in [0.4, 0.5) is 0 Å². The minimum atomic E-state index is 0.908. The van der Waals surface area contributed by atoms with Crippen molar-refractivity contribution in [3.63, 3.8) is 0 Å². The van der Waals surface area contributed by atoms with Gasteiger partial charge in [0.15, 0.2) is 0 Å². The third kappa shape index (κ3) is 4.42. The van der Waals surface area contributed by atoms with Crippen LogP contribution in [0.25, 0.3) is 0 Å². The molecule has 0 fully saturated rings. The molecule has 108 valence electrons. The zero-order chi connectivity index (χ0) is 14.4. The van der Waals surface area contributed by atoms with E-state index < -0.39 is 0 Å². The molecule has 1 N–H and O–H groups in total. The summed E-state index contributed by atoms with van der Waals surface area (Å²) in [5.41, 5.74) is 2.66. The molecule has 2 nitrogen and oxygen atoms in total. The topological polar surface area (TPSA) is 15.3 Å². The molecule has 0 aliphatic rings. The Kier molecular flexibility index (Phi) is 6.23. The lowest BCUT2D eigenvalue weighted by molar-refractivity contribution is 0.273. The van der Waals surface area contributed by atoms with Crippen LogP contribution in [0, 0.1) is 0 Å². The van der Waals surface area contributed by atoms with Crippen LogP contribution in [0.1, 0.15) is 22.9 Å². The molecule has 0 bridgehead atoms. The van der Waals surface area contributed by atoms with E-state index in [2.05, 4.69) is 68.8 Å². The van der Waals surface area contributed by atoms with Crippen LogP contribution in [0.3, 0.4) is 0 Å². The smallest absolute Gasteiger partial charge is 0.0331 e. The van der Waals surface area contributed by atoms with Gasteiger partial charge in [0.2, 0.25) is 0 Å². The standard InChI is InChI=1S/C16H21BrN2S/c1-3-19(12-15-5-4-8-20-15)11-14-7-6-13(10-18-2)9-16(14)17/h4-9,18H,3,10-12H2,1-2H3. The predicted molar refractivity (Wildman–Crippen MR) is 91.0 cm³/mol. The average molecular weight is 353 g/mol. The molecule has 0 unspecified atom stereocenters. The number of hydrogen-bond donors (Lipinski definition) is 1. The number of nitrogens with one attached hydrogen (secondary N) is 1. The van der Waals surface area contributed by atoms with E-state index in [4.69, 9.17) is 0 Å². The maximum absolute atomic E-state index is 3.70. The second-order valence-corrected chi connectivity index (χ2v) is 6.73. The van der Waals surface area contributed by atoms with Crippen molar-refractivity contribution in [2.24, 2.45) is 0 Å². The van der Waals surface area contributed by atoms with E-state index in [9.17, 15) is 0 Å². The number of halogens is 1. The van der Waals surface area contributed by atoms with Gasteiger partial charge in [0, 0.05) is 29.0 Å². The second kappa shape index (κ2) is 7.93. The van der Waals surface area contributed by atoms with E-state index in [-0.39, 0.29) is 0 Å². The van der Waals surface area contributed by atoms with Gasteiger partial charge in [0.1, 0.15) is 0 Å². The van der Waals surface area contributed by atoms with Crippen LogP contribution in [0.5, 0.6) is 0 Å². The van der Waals surface area contributed by atoms with Crippen LogP contribution in [-0.4, -0.2) is 18.5 Å². The molecule has 0 atom stereocenters. The Morgan fingerprint density at radius 1 is 1.25 bits per heavy atom. The number of benzene rings is 1. The van der Waals surface area contributed by atoms with Gasteiger partial charge in [0.25, 0.3) is 0 Å². The molecule has 1 aromatic heterocycles. The molecular weight excluding hydrogens is 332 g/mol. The normalized spacial score (nSPS) is 11.2. The SMILES string of the molecule is CCN(Cc1cccs1)Cc1ccc(CNC)cc1Br. The van der Waals surface area contributed by atoms with Gasteiger partial charge < -0.3 is 5.32 Å². The second-order valence-electron chi connectivity index (χ2n) is 4.84. The first-order chi connectivity index (χ1) is 9.72. The molecule has 20 heavy (non-hydrogen) atoms. The summed E-state index contributed by atoms with van der Waals surface area (Å²) < 4.78 is 1.20. The van der Waals surface area contributed by atoms with Gasteiger partial charge in [-0.3, -0.25) is 4.90 Å². The maximum atomic E-state index is 3.70.